The molecule has 1 aliphatic heterocycles. The van der Waals surface area contributed by atoms with Gasteiger partial charge in [-0.15, -0.1) is 0 Å². The smallest absolute Gasteiger partial charge is 0.251 e. The maximum atomic E-state index is 11.8. The zero-order valence-electron chi connectivity index (χ0n) is 10.5. The molecule has 8 heteroatoms. The number of carbonyl (C=O) groups excluding carboxylic acids is 2. The Morgan fingerprint density at radius 1 is 1.32 bits per heavy atom. The second-order valence-corrected chi connectivity index (χ2v) is 4.42. The number of likely N-dealkylation sites (N-methyl/N-ethyl adjacent to an activating group) is 1. The Hall–Kier alpha value is -2.51. The fourth-order valence-electron chi connectivity index (χ4n) is 2.11. The highest BCUT2D eigenvalue weighted by molar-refractivity contribution is 6.07. The molecule has 1 unspecified atom stereocenters. The van der Waals surface area contributed by atoms with Gasteiger partial charge in [0.2, 0.25) is 5.91 Å². The van der Waals surface area contributed by atoms with Crippen LogP contribution in [0.1, 0.15) is 6.42 Å². The van der Waals surface area contributed by atoms with Gasteiger partial charge in [0.1, 0.15) is 18.2 Å². The summed E-state index contributed by atoms with van der Waals surface area (Å²) in [5, 5.41) is 7.81. The molecule has 98 valence electrons. The Bertz CT molecular complexity index is 679. The van der Waals surface area contributed by atoms with Crippen molar-refractivity contribution in [3.63, 3.8) is 0 Å². The number of hydrogen-bond acceptors (Lipinski definition) is 6. The molecule has 1 aliphatic rings. The zero-order chi connectivity index (χ0) is 13.6. The van der Waals surface area contributed by atoms with Crippen molar-refractivity contribution in [2.24, 2.45) is 7.05 Å². The van der Waals surface area contributed by atoms with Crippen LogP contribution in [0.15, 0.2) is 12.5 Å². The SMILES string of the molecule is CN1C(=O)CC(Nc2ncnc3c2cnn3C)C1=O. The lowest BCUT2D eigenvalue weighted by Crippen LogP contribution is -2.32. The van der Waals surface area contributed by atoms with Crippen LogP contribution in [-0.4, -0.2) is 49.6 Å². The first kappa shape index (κ1) is 11.6. The van der Waals surface area contributed by atoms with E-state index >= 15 is 0 Å². The van der Waals surface area contributed by atoms with Gasteiger partial charge in [0.05, 0.1) is 18.0 Å². The minimum atomic E-state index is -0.573. The number of imide groups is 1. The average molecular weight is 260 g/mol. The molecule has 2 aromatic rings. The number of amides is 2. The predicted molar refractivity (Wildman–Crippen MR) is 66.1 cm³/mol. The van der Waals surface area contributed by atoms with Crippen LogP contribution in [-0.2, 0) is 16.6 Å². The summed E-state index contributed by atoms with van der Waals surface area (Å²) in [5.74, 6) is 0.0687. The fourth-order valence-corrected chi connectivity index (χ4v) is 2.11. The largest absolute Gasteiger partial charge is 0.357 e. The van der Waals surface area contributed by atoms with Crippen molar-refractivity contribution in [2.45, 2.75) is 12.5 Å². The van der Waals surface area contributed by atoms with E-state index in [1.807, 2.05) is 0 Å². The van der Waals surface area contributed by atoms with E-state index in [2.05, 4.69) is 20.4 Å². The number of fused-ring (bicyclic) bond motifs is 1. The summed E-state index contributed by atoms with van der Waals surface area (Å²) in [6.45, 7) is 0. The van der Waals surface area contributed by atoms with Gasteiger partial charge in [-0.3, -0.25) is 19.2 Å². The van der Waals surface area contributed by atoms with E-state index in [-0.39, 0.29) is 18.2 Å². The van der Waals surface area contributed by atoms with Gasteiger partial charge >= 0.3 is 0 Å². The second kappa shape index (κ2) is 4.01. The van der Waals surface area contributed by atoms with Gasteiger partial charge in [0.25, 0.3) is 5.91 Å². The molecular weight excluding hydrogens is 248 g/mol. The van der Waals surface area contributed by atoms with Crippen LogP contribution in [0.2, 0.25) is 0 Å². The number of carbonyl (C=O) groups is 2. The minimum absolute atomic E-state index is 0.140. The van der Waals surface area contributed by atoms with Gasteiger partial charge in [-0.25, -0.2) is 9.97 Å². The highest BCUT2D eigenvalue weighted by atomic mass is 16.2. The summed E-state index contributed by atoms with van der Waals surface area (Å²) in [6.07, 6.45) is 3.17. The molecule has 2 amide bonds. The molecule has 0 bridgehead atoms. The van der Waals surface area contributed by atoms with E-state index in [4.69, 9.17) is 0 Å². The van der Waals surface area contributed by atoms with E-state index in [1.54, 1.807) is 17.9 Å². The standard InChI is InChI=1S/C11H12N6O2/c1-16-8(18)3-7(11(16)19)15-9-6-4-14-17(2)10(6)13-5-12-9/h4-5,7H,3H2,1-2H3,(H,12,13,15). The van der Waals surface area contributed by atoms with Crippen molar-refractivity contribution in [3.05, 3.63) is 12.5 Å². The van der Waals surface area contributed by atoms with Crippen molar-refractivity contribution in [1.29, 1.82) is 0 Å². The van der Waals surface area contributed by atoms with E-state index in [0.717, 1.165) is 10.3 Å². The minimum Gasteiger partial charge on any atom is -0.357 e. The summed E-state index contributed by atoms with van der Waals surface area (Å²) < 4.78 is 1.62. The molecule has 1 N–H and O–H groups in total. The molecule has 1 fully saturated rings. The quantitative estimate of drug-likeness (QED) is 0.734. The van der Waals surface area contributed by atoms with Crippen LogP contribution < -0.4 is 5.32 Å². The summed E-state index contributed by atoms with van der Waals surface area (Å²) in [6, 6.07) is -0.573. The summed E-state index contributed by atoms with van der Waals surface area (Å²) in [7, 11) is 3.25. The molecule has 19 heavy (non-hydrogen) atoms. The van der Waals surface area contributed by atoms with Crippen molar-refractivity contribution < 1.29 is 9.59 Å². The molecule has 1 saturated heterocycles. The Morgan fingerprint density at radius 3 is 2.79 bits per heavy atom. The Morgan fingerprint density at radius 2 is 2.11 bits per heavy atom. The number of anilines is 1. The molecule has 0 saturated carbocycles. The lowest BCUT2D eigenvalue weighted by atomic mass is 10.2. The molecule has 0 spiro atoms. The number of likely N-dealkylation sites (tertiary alicyclic amines) is 1. The van der Waals surface area contributed by atoms with Crippen LogP contribution in [0, 0.1) is 0 Å². The van der Waals surface area contributed by atoms with Gasteiger partial charge in [0.15, 0.2) is 5.65 Å². The third kappa shape index (κ3) is 1.72. The van der Waals surface area contributed by atoms with Crippen molar-refractivity contribution >= 4 is 28.7 Å². The summed E-state index contributed by atoms with van der Waals surface area (Å²) in [4.78, 5) is 32.7. The van der Waals surface area contributed by atoms with Crippen LogP contribution in [0.4, 0.5) is 5.82 Å². The number of nitrogens with zero attached hydrogens (tertiary/aromatic N) is 5. The molecule has 3 rings (SSSR count). The van der Waals surface area contributed by atoms with Crippen LogP contribution in [0.3, 0.4) is 0 Å². The lowest BCUT2D eigenvalue weighted by Gasteiger charge is -2.11. The molecule has 8 nitrogen and oxygen atoms in total. The van der Waals surface area contributed by atoms with Gasteiger partial charge in [-0.1, -0.05) is 0 Å². The normalized spacial score (nSPS) is 19.5. The molecule has 3 heterocycles. The third-order valence-electron chi connectivity index (χ3n) is 3.22. The lowest BCUT2D eigenvalue weighted by molar-refractivity contribution is -0.136. The molecular formula is C11H12N6O2. The molecule has 2 aromatic heterocycles. The van der Waals surface area contributed by atoms with Crippen LogP contribution in [0.5, 0.6) is 0 Å². The van der Waals surface area contributed by atoms with Crippen molar-refractivity contribution in [2.75, 3.05) is 12.4 Å². The Balaban J connectivity index is 1.94. The molecule has 1 atom stereocenters. The monoisotopic (exact) mass is 260 g/mol. The van der Waals surface area contributed by atoms with E-state index in [9.17, 15) is 9.59 Å². The topological polar surface area (TPSA) is 93.0 Å². The van der Waals surface area contributed by atoms with E-state index < -0.39 is 6.04 Å². The van der Waals surface area contributed by atoms with Crippen molar-refractivity contribution in [3.8, 4) is 0 Å². The molecule has 0 radical (unpaired) electrons. The number of aromatic nitrogens is 4. The summed E-state index contributed by atoms with van der Waals surface area (Å²) in [5.41, 5.74) is 0.669. The maximum Gasteiger partial charge on any atom is 0.251 e. The maximum absolute atomic E-state index is 11.8. The number of nitrogens with one attached hydrogen (secondary N) is 1. The zero-order valence-corrected chi connectivity index (χ0v) is 10.5. The van der Waals surface area contributed by atoms with Gasteiger partial charge in [-0.05, 0) is 0 Å². The van der Waals surface area contributed by atoms with E-state index in [0.29, 0.717) is 11.5 Å². The number of aryl methyl sites for hydroxylation is 1. The van der Waals surface area contributed by atoms with E-state index in [1.165, 1.54) is 13.4 Å². The third-order valence-corrected chi connectivity index (χ3v) is 3.22. The van der Waals surface area contributed by atoms with Gasteiger partial charge in [0, 0.05) is 14.1 Å². The Kier molecular flexibility index (Phi) is 2.44. The highest BCUT2D eigenvalue weighted by Crippen LogP contribution is 2.21. The number of rotatable bonds is 2. The van der Waals surface area contributed by atoms with Gasteiger partial charge < -0.3 is 5.32 Å². The predicted octanol–water partition coefficient (Wildman–Crippen LogP) is -0.468. The first-order valence-electron chi connectivity index (χ1n) is 5.77. The Labute approximate surface area is 108 Å². The average Bonchev–Trinajstić information content (AvgIpc) is 2.88. The van der Waals surface area contributed by atoms with Crippen molar-refractivity contribution in [1.82, 2.24) is 24.6 Å². The fraction of sp³-hybridized carbons (Fsp3) is 0.364. The first-order chi connectivity index (χ1) is 9.08. The van der Waals surface area contributed by atoms with Gasteiger partial charge in [-0.2, -0.15) is 5.10 Å². The molecule has 0 aliphatic carbocycles. The second-order valence-electron chi connectivity index (χ2n) is 4.42. The number of hydrogen-bond donors (Lipinski definition) is 1. The van der Waals surface area contributed by atoms with Crippen LogP contribution in [0.25, 0.3) is 11.0 Å². The molecule has 0 aromatic carbocycles. The summed E-state index contributed by atoms with van der Waals surface area (Å²) >= 11 is 0. The first-order valence-corrected chi connectivity index (χ1v) is 5.77. The van der Waals surface area contributed by atoms with Crippen LogP contribution >= 0.6 is 0 Å². The highest BCUT2D eigenvalue weighted by Gasteiger charge is 2.36.